The second-order valence-corrected chi connectivity index (χ2v) is 7.29. The van der Waals surface area contributed by atoms with E-state index in [2.05, 4.69) is 15.4 Å². The van der Waals surface area contributed by atoms with Crippen molar-refractivity contribution in [2.45, 2.75) is 64.3 Å². The van der Waals surface area contributed by atoms with Crippen LogP contribution in [0.15, 0.2) is 8.94 Å². The molecule has 0 N–H and O–H groups in total. The summed E-state index contributed by atoms with van der Waals surface area (Å²) in [4.78, 5) is 15.1. The van der Waals surface area contributed by atoms with Crippen LogP contribution in [0.25, 0.3) is 0 Å². The second-order valence-electron chi connectivity index (χ2n) is 7.29. The molecule has 0 spiro atoms. The van der Waals surface area contributed by atoms with Crippen LogP contribution in [-0.2, 0) is 11.2 Å². The number of likely N-dealkylation sites (tertiary alicyclic amines) is 1. The van der Waals surface area contributed by atoms with Gasteiger partial charge < -0.3 is 18.6 Å². The zero-order chi connectivity index (χ0) is 18.8. The predicted molar refractivity (Wildman–Crippen MR) is 95.3 cm³/mol. The van der Waals surface area contributed by atoms with Gasteiger partial charge in [0, 0.05) is 25.7 Å². The first kappa shape index (κ1) is 18.2. The van der Waals surface area contributed by atoms with Gasteiger partial charge >= 0.3 is 0 Å². The molecule has 2 aromatic rings. The Kier molecular flexibility index (Phi) is 5.24. The SMILES string of the molecule is CCc1noc(C)c1C(=O)N1CCCCC1c1nnc(C2CCOCC2)o1. The fourth-order valence-corrected chi connectivity index (χ4v) is 4.00. The highest BCUT2D eigenvalue weighted by molar-refractivity contribution is 5.96. The summed E-state index contributed by atoms with van der Waals surface area (Å²) in [5.74, 6) is 1.97. The average Bonchev–Trinajstić information content (AvgIpc) is 3.35. The molecule has 4 heterocycles. The Morgan fingerprint density at radius 2 is 1.93 bits per heavy atom. The molecule has 0 saturated carbocycles. The molecule has 0 radical (unpaired) electrons. The average molecular weight is 374 g/mol. The lowest BCUT2D eigenvalue weighted by Crippen LogP contribution is -2.39. The van der Waals surface area contributed by atoms with E-state index in [1.807, 2.05) is 11.8 Å². The first-order valence-corrected chi connectivity index (χ1v) is 9.86. The molecule has 2 aliphatic heterocycles. The lowest BCUT2D eigenvalue weighted by Gasteiger charge is -2.33. The molecule has 1 amide bonds. The summed E-state index contributed by atoms with van der Waals surface area (Å²) in [7, 11) is 0. The fourth-order valence-electron chi connectivity index (χ4n) is 4.00. The molecule has 2 aliphatic rings. The Balaban J connectivity index is 1.58. The van der Waals surface area contributed by atoms with Crippen molar-refractivity contribution in [3.8, 4) is 0 Å². The van der Waals surface area contributed by atoms with Crippen molar-refractivity contribution >= 4 is 5.91 Å². The zero-order valence-electron chi connectivity index (χ0n) is 15.9. The zero-order valence-corrected chi connectivity index (χ0v) is 15.9. The monoisotopic (exact) mass is 374 g/mol. The number of rotatable bonds is 4. The number of hydrogen-bond acceptors (Lipinski definition) is 7. The van der Waals surface area contributed by atoms with Crippen LogP contribution in [0.1, 0.15) is 84.6 Å². The minimum atomic E-state index is -0.189. The molecule has 0 aromatic carbocycles. The molecule has 1 atom stereocenters. The number of aryl methyl sites for hydroxylation is 2. The van der Waals surface area contributed by atoms with Crippen LogP contribution in [0.5, 0.6) is 0 Å². The summed E-state index contributed by atoms with van der Waals surface area (Å²) < 4.78 is 16.7. The topological polar surface area (TPSA) is 94.5 Å². The van der Waals surface area contributed by atoms with Gasteiger partial charge in [-0.1, -0.05) is 12.1 Å². The van der Waals surface area contributed by atoms with E-state index in [1.165, 1.54) is 0 Å². The van der Waals surface area contributed by atoms with Gasteiger partial charge in [0.2, 0.25) is 11.8 Å². The van der Waals surface area contributed by atoms with Crippen LogP contribution in [0.3, 0.4) is 0 Å². The van der Waals surface area contributed by atoms with Crippen LogP contribution in [0, 0.1) is 6.92 Å². The number of amides is 1. The van der Waals surface area contributed by atoms with Gasteiger partial charge in [-0.05, 0) is 45.4 Å². The van der Waals surface area contributed by atoms with E-state index in [0.717, 1.165) is 45.3 Å². The highest BCUT2D eigenvalue weighted by Gasteiger charge is 2.35. The van der Waals surface area contributed by atoms with Crippen LogP contribution in [0.2, 0.25) is 0 Å². The summed E-state index contributed by atoms with van der Waals surface area (Å²) in [5, 5.41) is 12.6. The molecule has 0 aliphatic carbocycles. The quantitative estimate of drug-likeness (QED) is 0.811. The molecular weight excluding hydrogens is 348 g/mol. The summed E-state index contributed by atoms with van der Waals surface area (Å²) in [5.41, 5.74) is 1.28. The van der Waals surface area contributed by atoms with E-state index < -0.39 is 0 Å². The Morgan fingerprint density at radius 3 is 2.70 bits per heavy atom. The van der Waals surface area contributed by atoms with Gasteiger partial charge in [0.15, 0.2) is 0 Å². The van der Waals surface area contributed by atoms with Gasteiger partial charge in [0.05, 0.1) is 5.69 Å². The molecule has 2 fully saturated rings. The maximum Gasteiger partial charge on any atom is 0.260 e. The molecule has 8 nitrogen and oxygen atoms in total. The number of nitrogens with zero attached hydrogens (tertiary/aromatic N) is 4. The van der Waals surface area contributed by atoms with E-state index in [1.54, 1.807) is 6.92 Å². The first-order chi connectivity index (χ1) is 13.2. The molecule has 8 heteroatoms. The van der Waals surface area contributed by atoms with E-state index >= 15 is 0 Å². The van der Waals surface area contributed by atoms with Gasteiger partial charge in [-0.25, -0.2) is 0 Å². The molecule has 2 aromatic heterocycles. The molecular formula is C19H26N4O4. The third-order valence-electron chi connectivity index (χ3n) is 5.56. The highest BCUT2D eigenvalue weighted by Crippen LogP contribution is 2.34. The number of piperidine rings is 1. The molecule has 146 valence electrons. The minimum absolute atomic E-state index is 0.0545. The fraction of sp³-hybridized carbons (Fsp3) is 0.684. The van der Waals surface area contributed by atoms with Gasteiger partial charge in [0.25, 0.3) is 5.91 Å². The van der Waals surface area contributed by atoms with Crippen molar-refractivity contribution in [3.63, 3.8) is 0 Å². The third-order valence-corrected chi connectivity index (χ3v) is 5.56. The van der Waals surface area contributed by atoms with Crippen molar-refractivity contribution < 1.29 is 18.5 Å². The van der Waals surface area contributed by atoms with Crippen LogP contribution in [0.4, 0.5) is 0 Å². The third kappa shape index (κ3) is 3.50. The van der Waals surface area contributed by atoms with Gasteiger partial charge in [-0.3, -0.25) is 4.79 Å². The Morgan fingerprint density at radius 1 is 1.15 bits per heavy atom. The van der Waals surface area contributed by atoms with E-state index in [4.69, 9.17) is 13.7 Å². The first-order valence-electron chi connectivity index (χ1n) is 9.86. The van der Waals surface area contributed by atoms with Gasteiger partial charge in [-0.2, -0.15) is 0 Å². The Hall–Kier alpha value is -2.22. The molecule has 0 bridgehead atoms. The number of hydrogen-bond donors (Lipinski definition) is 0. The smallest absolute Gasteiger partial charge is 0.260 e. The van der Waals surface area contributed by atoms with Crippen molar-refractivity contribution in [2.75, 3.05) is 19.8 Å². The molecule has 4 rings (SSSR count). The van der Waals surface area contributed by atoms with Crippen molar-refractivity contribution in [2.24, 2.45) is 0 Å². The number of carbonyl (C=O) groups excluding carboxylic acids is 1. The van der Waals surface area contributed by atoms with Crippen LogP contribution < -0.4 is 0 Å². The van der Waals surface area contributed by atoms with E-state index in [9.17, 15) is 4.79 Å². The predicted octanol–water partition coefficient (Wildman–Crippen LogP) is 3.19. The lowest BCUT2D eigenvalue weighted by atomic mass is 9.99. The van der Waals surface area contributed by atoms with Crippen molar-refractivity contribution in [1.29, 1.82) is 0 Å². The summed E-state index contributed by atoms with van der Waals surface area (Å²) in [6.45, 7) is 5.88. The number of carbonyl (C=O) groups is 1. The number of aromatic nitrogens is 3. The summed E-state index contributed by atoms with van der Waals surface area (Å²) in [6, 6.07) is -0.189. The maximum atomic E-state index is 13.3. The molecule has 27 heavy (non-hydrogen) atoms. The summed E-state index contributed by atoms with van der Waals surface area (Å²) in [6.07, 6.45) is 5.28. The van der Waals surface area contributed by atoms with E-state index in [-0.39, 0.29) is 17.9 Å². The largest absolute Gasteiger partial charge is 0.423 e. The maximum absolute atomic E-state index is 13.3. The van der Waals surface area contributed by atoms with Crippen LogP contribution >= 0.6 is 0 Å². The second kappa shape index (κ2) is 7.80. The molecule has 2 saturated heterocycles. The number of ether oxygens (including phenoxy) is 1. The van der Waals surface area contributed by atoms with Crippen molar-refractivity contribution in [3.05, 3.63) is 28.8 Å². The summed E-state index contributed by atoms with van der Waals surface area (Å²) >= 11 is 0. The highest BCUT2D eigenvalue weighted by atomic mass is 16.5. The van der Waals surface area contributed by atoms with Gasteiger partial charge in [0.1, 0.15) is 17.4 Å². The molecule has 1 unspecified atom stereocenters. The van der Waals surface area contributed by atoms with E-state index in [0.29, 0.717) is 41.8 Å². The lowest BCUT2D eigenvalue weighted by molar-refractivity contribution is 0.0558. The Labute approximate surface area is 158 Å². The minimum Gasteiger partial charge on any atom is -0.423 e. The van der Waals surface area contributed by atoms with Gasteiger partial charge in [-0.15, -0.1) is 10.2 Å². The standard InChI is InChI=1S/C19H26N4O4/c1-3-14-16(12(2)27-22-14)19(24)23-9-5-4-6-15(23)18-21-20-17(26-18)13-7-10-25-11-8-13/h13,15H,3-11H2,1-2H3. The normalized spacial score (nSPS) is 21.6. The van der Waals surface area contributed by atoms with Crippen LogP contribution in [-0.4, -0.2) is 45.9 Å². The Bertz CT molecular complexity index is 793. The van der Waals surface area contributed by atoms with Crippen molar-refractivity contribution in [1.82, 2.24) is 20.3 Å².